The first kappa shape index (κ1) is 9.86. The highest BCUT2D eigenvalue weighted by molar-refractivity contribution is 7.98. The quantitative estimate of drug-likeness (QED) is 0.606. The highest BCUT2D eigenvalue weighted by Crippen LogP contribution is 2.02. The average Bonchev–Trinajstić information content (AvgIpc) is 2.09. The molecule has 1 heterocycles. The summed E-state index contributed by atoms with van der Waals surface area (Å²) in [4.78, 5) is 13.1. The molecule has 0 unspecified atom stereocenters. The molecule has 12 heavy (non-hydrogen) atoms. The highest BCUT2D eigenvalue weighted by atomic mass is 32.2. The van der Waals surface area contributed by atoms with Crippen LogP contribution in [-0.2, 0) is 9.53 Å². The van der Waals surface area contributed by atoms with Crippen LogP contribution in [0.5, 0.6) is 0 Å². The predicted molar refractivity (Wildman–Crippen MR) is 50.4 cm³/mol. The van der Waals surface area contributed by atoms with E-state index in [1.807, 2.05) is 16.7 Å². The van der Waals surface area contributed by atoms with Gasteiger partial charge in [0.15, 0.2) is 0 Å². The maximum atomic E-state index is 11.2. The first-order valence-corrected chi connectivity index (χ1v) is 5.58. The van der Waals surface area contributed by atoms with Gasteiger partial charge in [-0.3, -0.25) is 4.79 Å². The maximum Gasteiger partial charge on any atom is 0.248 e. The number of thioether (sulfide) groups is 1. The molecule has 1 aliphatic rings. The molecule has 0 N–H and O–H groups in total. The van der Waals surface area contributed by atoms with E-state index in [0.717, 1.165) is 25.3 Å². The van der Waals surface area contributed by atoms with E-state index < -0.39 is 0 Å². The smallest absolute Gasteiger partial charge is 0.248 e. The lowest BCUT2D eigenvalue weighted by Crippen LogP contribution is -2.42. The summed E-state index contributed by atoms with van der Waals surface area (Å²) < 4.78 is 5.02. The largest absolute Gasteiger partial charge is 0.370 e. The Balaban J connectivity index is 2.16. The van der Waals surface area contributed by atoms with Crippen molar-refractivity contribution in [3.05, 3.63) is 0 Å². The van der Waals surface area contributed by atoms with Crippen LogP contribution in [0.25, 0.3) is 0 Å². The molecule has 4 heteroatoms. The van der Waals surface area contributed by atoms with Crippen LogP contribution >= 0.6 is 11.8 Å². The van der Waals surface area contributed by atoms with E-state index in [9.17, 15) is 4.79 Å². The van der Waals surface area contributed by atoms with Crippen LogP contribution in [0.2, 0.25) is 0 Å². The fourth-order valence-electron chi connectivity index (χ4n) is 1.19. The topological polar surface area (TPSA) is 29.5 Å². The molecule has 0 saturated carbocycles. The molecule has 0 spiro atoms. The molecule has 0 aliphatic carbocycles. The van der Waals surface area contributed by atoms with Gasteiger partial charge in [-0.1, -0.05) is 0 Å². The monoisotopic (exact) mass is 189 g/mol. The number of hydrogen-bond donors (Lipinski definition) is 0. The van der Waals surface area contributed by atoms with Crippen LogP contribution in [0.1, 0.15) is 6.42 Å². The number of nitrogens with zero attached hydrogens (tertiary/aromatic N) is 1. The number of carbonyl (C=O) groups excluding carboxylic acids is 1. The van der Waals surface area contributed by atoms with Gasteiger partial charge in [0.05, 0.1) is 6.61 Å². The Morgan fingerprint density at radius 1 is 1.67 bits per heavy atom. The molecule has 3 nitrogen and oxygen atoms in total. The summed E-state index contributed by atoms with van der Waals surface area (Å²) in [6.07, 6.45) is 3.17. The molecule has 1 aliphatic heterocycles. The molecule has 1 saturated heterocycles. The molecule has 0 aromatic heterocycles. The van der Waals surface area contributed by atoms with Gasteiger partial charge in [-0.15, -0.1) is 0 Å². The maximum absolute atomic E-state index is 11.2. The van der Waals surface area contributed by atoms with Gasteiger partial charge in [0.25, 0.3) is 0 Å². The zero-order chi connectivity index (χ0) is 8.81. The molecule has 0 bridgehead atoms. The van der Waals surface area contributed by atoms with E-state index in [2.05, 4.69) is 6.26 Å². The van der Waals surface area contributed by atoms with Gasteiger partial charge < -0.3 is 9.64 Å². The second kappa shape index (κ2) is 5.43. The van der Waals surface area contributed by atoms with Crippen molar-refractivity contribution in [3.63, 3.8) is 0 Å². The zero-order valence-corrected chi connectivity index (χ0v) is 8.23. The Kier molecular flexibility index (Phi) is 4.46. The van der Waals surface area contributed by atoms with Gasteiger partial charge in [0, 0.05) is 13.1 Å². The lowest BCUT2D eigenvalue weighted by atomic mass is 10.3. The van der Waals surface area contributed by atoms with Crippen molar-refractivity contribution in [1.82, 2.24) is 4.90 Å². The van der Waals surface area contributed by atoms with Crippen LogP contribution in [0.3, 0.4) is 0 Å². The van der Waals surface area contributed by atoms with Gasteiger partial charge >= 0.3 is 0 Å². The summed E-state index contributed by atoms with van der Waals surface area (Å²) in [6, 6.07) is 0. The SMILES string of the molecule is CSCCCN1CCOCC1=O. The second-order valence-corrected chi connectivity index (χ2v) is 3.77. The molecule has 0 aromatic rings. The van der Waals surface area contributed by atoms with E-state index in [4.69, 9.17) is 4.74 Å². The van der Waals surface area contributed by atoms with Crippen molar-refractivity contribution < 1.29 is 9.53 Å². The lowest BCUT2D eigenvalue weighted by Gasteiger charge is -2.26. The van der Waals surface area contributed by atoms with Crippen molar-refractivity contribution in [2.24, 2.45) is 0 Å². The van der Waals surface area contributed by atoms with Gasteiger partial charge in [-0.25, -0.2) is 0 Å². The normalized spacial score (nSPS) is 18.4. The summed E-state index contributed by atoms with van der Waals surface area (Å²) in [7, 11) is 0. The van der Waals surface area contributed by atoms with Crippen LogP contribution < -0.4 is 0 Å². The lowest BCUT2D eigenvalue weighted by molar-refractivity contribution is -0.142. The van der Waals surface area contributed by atoms with E-state index in [1.165, 1.54) is 0 Å². The van der Waals surface area contributed by atoms with Gasteiger partial charge in [0.2, 0.25) is 5.91 Å². The molecule has 0 aromatic carbocycles. The number of rotatable bonds is 4. The summed E-state index contributed by atoms with van der Waals surface area (Å²) in [6.45, 7) is 2.64. The van der Waals surface area contributed by atoms with Crippen molar-refractivity contribution >= 4 is 17.7 Å². The molecule has 70 valence electrons. The van der Waals surface area contributed by atoms with Crippen molar-refractivity contribution in [1.29, 1.82) is 0 Å². The Labute approximate surface area is 77.4 Å². The Hall–Kier alpha value is -0.220. The summed E-state index contributed by atoms with van der Waals surface area (Å²) in [5, 5.41) is 0. The third-order valence-corrected chi connectivity index (χ3v) is 2.56. The average molecular weight is 189 g/mol. The van der Waals surface area contributed by atoms with E-state index >= 15 is 0 Å². The van der Waals surface area contributed by atoms with Crippen LogP contribution in [-0.4, -0.2) is 49.1 Å². The molecular weight excluding hydrogens is 174 g/mol. The van der Waals surface area contributed by atoms with Crippen LogP contribution in [0.4, 0.5) is 0 Å². The number of morpholine rings is 1. The fraction of sp³-hybridized carbons (Fsp3) is 0.875. The standard InChI is InChI=1S/C8H15NO2S/c1-12-6-2-3-9-4-5-11-7-8(9)10/h2-7H2,1H3. The minimum absolute atomic E-state index is 0.141. The van der Waals surface area contributed by atoms with E-state index in [0.29, 0.717) is 6.61 Å². The molecule has 0 radical (unpaired) electrons. The number of hydrogen-bond acceptors (Lipinski definition) is 3. The van der Waals surface area contributed by atoms with E-state index in [1.54, 1.807) is 0 Å². The first-order valence-electron chi connectivity index (χ1n) is 4.19. The van der Waals surface area contributed by atoms with Crippen LogP contribution in [0, 0.1) is 0 Å². The molecule has 1 fully saturated rings. The first-order chi connectivity index (χ1) is 5.84. The van der Waals surface area contributed by atoms with E-state index in [-0.39, 0.29) is 12.5 Å². The fourth-order valence-corrected chi connectivity index (χ4v) is 1.60. The molecule has 1 rings (SSSR count). The Bertz CT molecular complexity index is 152. The van der Waals surface area contributed by atoms with Gasteiger partial charge in [0.1, 0.15) is 6.61 Å². The third kappa shape index (κ3) is 3.03. The summed E-state index contributed by atoms with van der Waals surface area (Å²) in [5.74, 6) is 1.27. The van der Waals surface area contributed by atoms with Crippen molar-refractivity contribution in [3.8, 4) is 0 Å². The molecular formula is C8H15NO2S. The van der Waals surface area contributed by atoms with Gasteiger partial charge in [-0.05, 0) is 18.4 Å². The number of ether oxygens (including phenoxy) is 1. The predicted octanol–water partition coefficient (Wildman–Crippen LogP) is 0.598. The van der Waals surface area contributed by atoms with Crippen molar-refractivity contribution in [2.45, 2.75) is 6.42 Å². The highest BCUT2D eigenvalue weighted by Gasteiger charge is 2.17. The van der Waals surface area contributed by atoms with Crippen LogP contribution in [0.15, 0.2) is 0 Å². The zero-order valence-electron chi connectivity index (χ0n) is 7.41. The summed E-state index contributed by atoms with van der Waals surface area (Å²) >= 11 is 1.82. The summed E-state index contributed by atoms with van der Waals surface area (Å²) in [5.41, 5.74) is 0. The minimum Gasteiger partial charge on any atom is -0.370 e. The number of amides is 1. The molecule has 1 amide bonds. The third-order valence-electron chi connectivity index (χ3n) is 1.86. The minimum atomic E-state index is 0.141. The second-order valence-electron chi connectivity index (χ2n) is 2.78. The van der Waals surface area contributed by atoms with Gasteiger partial charge in [-0.2, -0.15) is 11.8 Å². The Morgan fingerprint density at radius 3 is 3.17 bits per heavy atom. The number of carbonyl (C=O) groups is 1. The Morgan fingerprint density at radius 2 is 2.50 bits per heavy atom. The van der Waals surface area contributed by atoms with Crippen molar-refractivity contribution in [2.75, 3.05) is 38.3 Å². The molecule has 0 atom stereocenters.